The average molecular weight is 215 g/mol. The van der Waals surface area contributed by atoms with Gasteiger partial charge in [-0.05, 0) is 27.2 Å². The van der Waals surface area contributed by atoms with Crippen LogP contribution in [0.4, 0.5) is 4.79 Å². The Morgan fingerprint density at radius 3 is 2.60 bits per heavy atom. The van der Waals surface area contributed by atoms with Crippen LogP contribution in [-0.4, -0.2) is 40.3 Å². The number of carbonyl (C=O) groups excluding carboxylic acids is 2. The monoisotopic (exact) mass is 215 g/mol. The van der Waals surface area contributed by atoms with Crippen molar-refractivity contribution in [2.45, 2.75) is 45.3 Å². The van der Waals surface area contributed by atoms with Gasteiger partial charge in [-0.25, -0.2) is 9.69 Å². The van der Waals surface area contributed by atoms with Crippen molar-refractivity contribution < 1.29 is 19.4 Å². The van der Waals surface area contributed by atoms with Crippen molar-refractivity contribution in [1.82, 2.24) is 4.90 Å². The lowest BCUT2D eigenvalue weighted by molar-refractivity contribution is -0.135. The van der Waals surface area contributed by atoms with E-state index in [2.05, 4.69) is 0 Å². The minimum atomic E-state index is -0.629. The van der Waals surface area contributed by atoms with Gasteiger partial charge in [0.25, 0.3) is 0 Å². The number of rotatable bonds is 0. The number of likely N-dealkylation sites (tertiary alicyclic amines) is 1. The van der Waals surface area contributed by atoms with Crippen molar-refractivity contribution in [3.63, 3.8) is 0 Å². The molecule has 0 spiro atoms. The second kappa shape index (κ2) is 4.18. The Bertz CT molecular complexity index is 269. The topological polar surface area (TPSA) is 66.8 Å². The van der Waals surface area contributed by atoms with E-state index in [1.165, 1.54) is 0 Å². The molecule has 5 heteroatoms. The van der Waals surface area contributed by atoms with Gasteiger partial charge < -0.3 is 9.84 Å². The molecule has 0 aromatic heterocycles. The molecule has 1 heterocycles. The Labute approximate surface area is 89.0 Å². The highest BCUT2D eigenvalue weighted by Gasteiger charge is 2.31. The lowest BCUT2D eigenvalue weighted by atomic mass is 10.1. The summed E-state index contributed by atoms with van der Waals surface area (Å²) >= 11 is 0. The van der Waals surface area contributed by atoms with Crippen molar-refractivity contribution >= 4 is 12.0 Å². The van der Waals surface area contributed by atoms with Gasteiger partial charge in [0.15, 0.2) is 0 Å². The van der Waals surface area contributed by atoms with Crippen molar-refractivity contribution in [2.24, 2.45) is 0 Å². The number of hydrogen-bond acceptors (Lipinski definition) is 4. The largest absolute Gasteiger partial charge is 0.443 e. The summed E-state index contributed by atoms with van der Waals surface area (Å²) in [6, 6.07) is 0. The third-order valence-electron chi connectivity index (χ3n) is 2.01. The molecule has 1 aliphatic heterocycles. The van der Waals surface area contributed by atoms with Gasteiger partial charge >= 0.3 is 6.09 Å². The number of imide groups is 1. The number of aliphatic hydroxyl groups excluding tert-OH is 1. The first-order valence-electron chi connectivity index (χ1n) is 5.01. The number of nitrogens with zero attached hydrogens (tertiary/aromatic N) is 1. The number of piperidine rings is 1. The van der Waals surface area contributed by atoms with E-state index in [9.17, 15) is 14.7 Å². The van der Waals surface area contributed by atoms with Crippen LogP contribution in [0.1, 0.15) is 33.6 Å². The minimum Gasteiger partial charge on any atom is -0.443 e. The molecule has 86 valence electrons. The number of carbonyl (C=O) groups is 2. The quantitative estimate of drug-likeness (QED) is 0.652. The number of aliphatic hydroxyl groups is 1. The molecule has 1 aliphatic rings. The molecule has 1 fully saturated rings. The fourth-order valence-corrected chi connectivity index (χ4v) is 1.33. The molecule has 0 aromatic rings. The van der Waals surface area contributed by atoms with E-state index in [1.807, 2.05) is 0 Å². The molecule has 0 saturated carbocycles. The summed E-state index contributed by atoms with van der Waals surface area (Å²) in [6.07, 6.45) is -0.833. The normalized spacial score (nSPS) is 22.8. The Kier molecular flexibility index (Phi) is 3.34. The van der Waals surface area contributed by atoms with Crippen LogP contribution in [0.5, 0.6) is 0 Å². The van der Waals surface area contributed by atoms with E-state index in [0.717, 1.165) is 4.90 Å². The molecule has 0 bridgehead atoms. The standard InChI is InChI=1S/C10H17NO4/c1-10(2,3)15-9(14)11-5-4-7(12)6-8(11)13/h7,12H,4-6H2,1-3H3/t7-/m1/s1. The van der Waals surface area contributed by atoms with Gasteiger partial charge in [0.05, 0.1) is 12.5 Å². The van der Waals surface area contributed by atoms with Crippen LogP contribution in [0.2, 0.25) is 0 Å². The Balaban J connectivity index is 2.57. The van der Waals surface area contributed by atoms with Crippen LogP contribution >= 0.6 is 0 Å². The maximum absolute atomic E-state index is 11.5. The van der Waals surface area contributed by atoms with Crippen LogP contribution in [0.3, 0.4) is 0 Å². The van der Waals surface area contributed by atoms with Crippen molar-refractivity contribution in [3.8, 4) is 0 Å². The Hall–Kier alpha value is -1.10. The van der Waals surface area contributed by atoms with Crippen molar-refractivity contribution in [2.75, 3.05) is 6.54 Å². The maximum atomic E-state index is 11.5. The lowest BCUT2D eigenvalue weighted by Crippen LogP contribution is -2.46. The molecule has 0 radical (unpaired) electrons. The zero-order valence-electron chi connectivity index (χ0n) is 9.32. The van der Waals surface area contributed by atoms with Gasteiger partial charge in [-0.1, -0.05) is 0 Å². The Morgan fingerprint density at radius 1 is 1.53 bits per heavy atom. The summed E-state index contributed by atoms with van der Waals surface area (Å²) in [7, 11) is 0. The zero-order valence-corrected chi connectivity index (χ0v) is 9.32. The highest BCUT2D eigenvalue weighted by Crippen LogP contribution is 2.16. The van der Waals surface area contributed by atoms with Crippen LogP contribution in [0.25, 0.3) is 0 Å². The maximum Gasteiger partial charge on any atom is 0.417 e. The predicted octanol–water partition coefficient (Wildman–Crippen LogP) is 0.905. The van der Waals surface area contributed by atoms with E-state index >= 15 is 0 Å². The third kappa shape index (κ3) is 3.51. The van der Waals surface area contributed by atoms with Gasteiger partial charge in [-0.3, -0.25) is 4.79 Å². The van der Waals surface area contributed by atoms with E-state index < -0.39 is 17.8 Å². The van der Waals surface area contributed by atoms with Gasteiger partial charge in [-0.15, -0.1) is 0 Å². The third-order valence-corrected chi connectivity index (χ3v) is 2.01. The summed E-state index contributed by atoms with van der Waals surface area (Å²) in [6.45, 7) is 5.46. The second-order valence-electron chi connectivity index (χ2n) is 4.67. The first kappa shape index (κ1) is 12.0. The fourth-order valence-electron chi connectivity index (χ4n) is 1.33. The first-order chi connectivity index (χ1) is 6.79. The second-order valence-corrected chi connectivity index (χ2v) is 4.67. The number of amides is 2. The van der Waals surface area contributed by atoms with Gasteiger partial charge in [0, 0.05) is 6.54 Å². The van der Waals surface area contributed by atoms with Crippen LogP contribution in [0.15, 0.2) is 0 Å². The van der Waals surface area contributed by atoms with E-state index in [4.69, 9.17) is 4.74 Å². The van der Waals surface area contributed by atoms with Gasteiger partial charge in [-0.2, -0.15) is 0 Å². The van der Waals surface area contributed by atoms with Crippen LogP contribution < -0.4 is 0 Å². The number of hydrogen-bond donors (Lipinski definition) is 1. The number of ether oxygens (including phenoxy) is 1. The van der Waals surface area contributed by atoms with Gasteiger partial charge in [0.1, 0.15) is 5.60 Å². The summed E-state index contributed by atoms with van der Waals surface area (Å²) < 4.78 is 5.07. The van der Waals surface area contributed by atoms with Gasteiger partial charge in [0.2, 0.25) is 5.91 Å². The molecule has 1 saturated heterocycles. The molecule has 1 rings (SSSR count). The van der Waals surface area contributed by atoms with Crippen molar-refractivity contribution in [1.29, 1.82) is 0 Å². The van der Waals surface area contributed by atoms with E-state index in [0.29, 0.717) is 6.42 Å². The first-order valence-corrected chi connectivity index (χ1v) is 5.01. The van der Waals surface area contributed by atoms with Crippen LogP contribution in [-0.2, 0) is 9.53 Å². The van der Waals surface area contributed by atoms with Crippen LogP contribution in [0, 0.1) is 0 Å². The molecular weight excluding hydrogens is 198 g/mol. The molecule has 1 atom stereocenters. The molecule has 0 aromatic carbocycles. The highest BCUT2D eigenvalue weighted by molar-refractivity contribution is 5.92. The predicted molar refractivity (Wildman–Crippen MR) is 53.2 cm³/mol. The van der Waals surface area contributed by atoms with E-state index in [1.54, 1.807) is 20.8 Å². The molecule has 15 heavy (non-hydrogen) atoms. The summed E-state index contributed by atoms with van der Waals surface area (Å²) in [5.74, 6) is -0.372. The average Bonchev–Trinajstić information content (AvgIpc) is 1.99. The molecule has 5 nitrogen and oxygen atoms in total. The zero-order chi connectivity index (χ0) is 11.6. The molecule has 1 N–H and O–H groups in total. The minimum absolute atomic E-state index is 0.000751. The smallest absolute Gasteiger partial charge is 0.417 e. The molecule has 0 unspecified atom stereocenters. The summed E-state index contributed by atoms with van der Waals surface area (Å²) in [4.78, 5) is 24.0. The summed E-state index contributed by atoms with van der Waals surface area (Å²) in [5.41, 5.74) is -0.604. The molecular formula is C10H17NO4. The Morgan fingerprint density at radius 2 is 2.13 bits per heavy atom. The fraction of sp³-hybridized carbons (Fsp3) is 0.800. The SMILES string of the molecule is CC(C)(C)OC(=O)N1CC[C@@H](O)CC1=O. The summed E-state index contributed by atoms with van der Waals surface area (Å²) in [5, 5.41) is 9.21. The highest BCUT2D eigenvalue weighted by atomic mass is 16.6. The van der Waals surface area contributed by atoms with Crippen molar-refractivity contribution in [3.05, 3.63) is 0 Å². The molecule has 2 amide bonds. The lowest BCUT2D eigenvalue weighted by Gasteiger charge is -2.30. The van der Waals surface area contributed by atoms with E-state index in [-0.39, 0.29) is 18.9 Å². The molecule has 0 aliphatic carbocycles.